The minimum absolute atomic E-state index is 0.0313. The van der Waals surface area contributed by atoms with Gasteiger partial charge in [0.2, 0.25) is 0 Å². The van der Waals surface area contributed by atoms with Crippen LogP contribution >= 0.6 is 22.6 Å². The van der Waals surface area contributed by atoms with Gasteiger partial charge in [-0.3, -0.25) is 10.1 Å². The lowest BCUT2D eigenvalue weighted by molar-refractivity contribution is -0.385. The zero-order chi connectivity index (χ0) is 16.3. The summed E-state index contributed by atoms with van der Waals surface area (Å²) in [5.74, 6) is 0.0803. The second-order valence-corrected chi connectivity index (χ2v) is 6.85. The van der Waals surface area contributed by atoms with Crippen molar-refractivity contribution in [1.29, 1.82) is 0 Å². The molecular weight excluding hydrogens is 425 g/mol. The summed E-state index contributed by atoms with van der Waals surface area (Å²) < 4.78 is 35.4. The van der Waals surface area contributed by atoms with E-state index >= 15 is 0 Å². The van der Waals surface area contributed by atoms with Gasteiger partial charge in [0.15, 0.2) is 4.90 Å². The van der Waals surface area contributed by atoms with Crippen molar-refractivity contribution in [3.8, 4) is 11.5 Å². The molecule has 0 bridgehead atoms. The van der Waals surface area contributed by atoms with Crippen LogP contribution < -0.4 is 8.92 Å². The summed E-state index contributed by atoms with van der Waals surface area (Å²) in [4.78, 5) is 9.72. The monoisotopic (exact) mass is 435 g/mol. The molecule has 0 spiro atoms. The summed E-state index contributed by atoms with van der Waals surface area (Å²) in [6, 6.07) is 9.69. The molecule has 0 aliphatic rings. The van der Waals surface area contributed by atoms with Crippen molar-refractivity contribution in [3.05, 3.63) is 56.1 Å². The Hall–Kier alpha value is -1.88. The number of methoxy groups -OCH3 is 1. The minimum Gasteiger partial charge on any atom is -0.495 e. The Morgan fingerprint density at radius 3 is 2.50 bits per heavy atom. The fourth-order valence-electron chi connectivity index (χ4n) is 1.66. The SMILES string of the molecule is COc1ccc([N+](=O)[O-])cc1S(=O)(=O)Oc1cccc(I)c1. The number of rotatable bonds is 5. The van der Waals surface area contributed by atoms with E-state index in [1.165, 1.54) is 25.3 Å². The Kier molecular flexibility index (Phi) is 4.86. The van der Waals surface area contributed by atoms with Crippen molar-refractivity contribution in [2.24, 2.45) is 0 Å². The van der Waals surface area contributed by atoms with Crippen LogP contribution in [0.3, 0.4) is 0 Å². The first-order valence-electron chi connectivity index (χ1n) is 5.86. The van der Waals surface area contributed by atoms with E-state index in [1.54, 1.807) is 12.1 Å². The number of hydrogen-bond acceptors (Lipinski definition) is 6. The average molecular weight is 435 g/mol. The van der Waals surface area contributed by atoms with E-state index in [9.17, 15) is 18.5 Å². The summed E-state index contributed by atoms with van der Waals surface area (Å²) in [5.41, 5.74) is -0.370. The van der Waals surface area contributed by atoms with Crippen LogP contribution in [0.2, 0.25) is 0 Å². The summed E-state index contributed by atoms with van der Waals surface area (Å²) >= 11 is 2.01. The van der Waals surface area contributed by atoms with Gasteiger partial charge in [-0.15, -0.1) is 0 Å². The average Bonchev–Trinajstić information content (AvgIpc) is 2.46. The number of ether oxygens (including phenoxy) is 1. The molecule has 2 aromatic rings. The van der Waals surface area contributed by atoms with E-state index in [2.05, 4.69) is 0 Å². The number of non-ortho nitro benzene ring substituents is 1. The van der Waals surface area contributed by atoms with Gasteiger partial charge in [0.1, 0.15) is 11.5 Å². The molecule has 0 aliphatic carbocycles. The van der Waals surface area contributed by atoms with Crippen molar-refractivity contribution in [2.75, 3.05) is 7.11 Å². The van der Waals surface area contributed by atoms with Crippen LogP contribution in [0.15, 0.2) is 47.4 Å². The Balaban J connectivity index is 2.48. The third-order valence-corrected chi connectivity index (χ3v) is 4.57. The molecule has 0 radical (unpaired) electrons. The summed E-state index contributed by atoms with van der Waals surface area (Å²) in [5, 5.41) is 10.8. The highest BCUT2D eigenvalue weighted by Crippen LogP contribution is 2.30. The number of nitro benzene ring substituents is 1. The fourth-order valence-corrected chi connectivity index (χ4v) is 3.29. The van der Waals surface area contributed by atoms with Gasteiger partial charge >= 0.3 is 10.1 Å². The lowest BCUT2D eigenvalue weighted by Gasteiger charge is -2.10. The zero-order valence-electron chi connectivity index (χ0n) is 11.2. The molecule has 0 amide bonds. The van der Waals surface area contributed by atoms with Gasteiger partial charge in [0.25, 0.3) is 5.69 Å². The molecule has 116 valence electrons. The lowest BCUT2D eigenvalue weighted by atomic mass is 10.3. The smallest absolute Gasteiger partial charge is 0.343 e. The van der Waals surface area contributed by atoms with E-state index in [1.807, 2.05) is 22.6 Å². The number of nitrogens with zero attached hydrogens (tertiary/aromatic N) is 1. The molecule has 0 fully saturated rings. The second kappa shape index (κ2) is 6.48. The maximum atomic E-state index is 12.3. The molecule has 22 heavy (non-hydrogen) atoms. The summed E-state index contributed by atoms with van der Waals surface area (Å²) in [6.07, 6.45) is 0. The molecule has 0 aliphatic heterocycles. The molecule has 0 saturated heterocycles. The van der Waals surface area contributed by atoms with Gasteiger partial charge in [0.05, 0.1) is 12.0 Å². The number of nitro groups is 1. The van der Waals surface area contributed by atoms with Crippen molar-refractivity contribution >= 4 is 38.4 Å². The quantitative estimate of drug-likeness (QED) is 0.310. The van der Waals surface area contributed by atoms with Crippen molar-refractivity contribution < 1.29 is 22.3 Å². The number of benzene rings is 2. The van der Waals surface area contributed by atoms with E-state index in [-0.39, 0.29) is 17.2 Å². The van der Waals surface area contributed by atoms with Crippen LogP contribution in [0.25, 0.3) is 0 Å². The van der Waals surface area contributed by atoms with Crippen molar-refractivity contribution in [2.45, 2.75) is 4.90 Å². The normalized spacial score (nSPS) is 11.0. The van der Waals surface area contributed by atoms with E-state index in [0.717, 1.165) is 15.7 Å². The van der Waals surface area contributed by atoms with Gasteiger partial charge in [-0.1, -0.05) is 6.07 Å². The van der Waals surface area contributed by atoms with Crippen molar-refractivity contribution in [1.82, 2.24) is 0 Å². The molecule has 0 saturated carbocycles. The predicted octanol–water partition coefficient (Wildman–Crippen LogP) is 2.98. The topological polar surface area (TPSA) is 95.7 Å². The third kappa shape index (κ3) is 3.65. The third-order valence-electron chi connectivity index (χ3n) is 2.63. The van der Waals surface area contributed by atoms with Gasteiger partial charge in [-0.05, 0) is 46.9 Å². The molecular formula is C13H10INO6S. The van der Waals surface area contributed by atoms with E-state index in [0.29, 0.717) is 0 Å². The van der Waals surface area contributed by atoms with Gasteiger partial charge in [-0.2, -0.15) is 8.42 Å². The first-order chi connectivity index (χ1) is 10.3. The molecule has 0 aromatic heterocycles. The van der Waals surface area contributed by atoms with Gasteiger partial charge < -0.3 is 8.92 Å². The molecule has 9 heteroatoms. The zero-order valence-corrected chi connectivity index (χ0v) is 14.2. The Morgan fingerprint density at radius 2 is 1.91 bits per heavy atom. The Bertz CT molecular complexity index is 821. The van der Waals surface area contributed by atoms with Crippen LogP contribution in [0.4, 0.5) is 5.69 Å². The highest BCUT2D eigenvalue weighted by Gasteiger charge is 2.25. The van der Waals surface area contributed by atoms with Crippen LogP contribution in [0, 0.1) is 13.7 Å². The maximum absolute atomic E-state index is 12.3. The van der Waals surface area contributed by atoms with Crippen LogP contribution in [-0.2, 0) is 10.1 Å². The number of halogens is 1. The van der Waals surface area contributed by atoms with Crippen LogP contribution in [0.1, 0.15) is 0 Å². The number of hydrogen-bond donors (Lipinski definition) is 0. The Labute approximate surface area is 140 Å². The van der Waals surface area contributed by atoms with Crippen LogP contribution in [-0.4, -0.2) is 20.5 Å². The highest BCUT2D eigenvalue weighted by molar-refractivity contribution is 14.1. The van der Waals surface area contributed by atoms with E-state index in [4.69, 9.17) is 8.92 Å². The maximum Gasteiger partial charge on any atom is 0.343 e. The predicted molar refractivity (Wildman–Crippen MR) is 86.6 cm³/mol. The summed E-state index contributed by atoms with van der Waals surface area (Å²) in [7, 11) is -2.99. The molecule has 2 rings (SSSR count). The summed E-state index contributed by atoms with van der Waals surface area (Å²) in [6.45, 7) is 0. The molecule has 0 N–H and O–H groups in total. The second-order valence-electron chi connectivity index (χ2n) is 4.09. The minimum atomic E-state index is -4.26. The van der Waals surface area contributed by atoms with E-state index < -0.39 is 19.9 Å². The molecule has 0 heterocycles. The standard InChI is InChI=1S/C13H10INO6S/c1-20-12-6-5-10(15(16)17)8-13(12)22(18,19)21-11-4-2-3-9(14)7-11/h2-8H,1H3. The van der Waals surface area contributed by atoms with Gasteiger partial charge in [-0.25, -0.2) is 0 Å². The van der Waals surface area contributed by atoms with Gasteiger partial charge in [0, 0.05) is 15.7 Å². The molecule has 7 nitrogen and oxygen atoms in total. The first kappa shape index (κ1) is 16.5. The Morgan fingerprint density at radius 1 is 1.18 bits per heavy atom. The molecule has 2 aromatic carbocycles. The van der Waals surface area contributed by atoms with Crippen molar-refractivity contribution in [3.63, 3.8) is 0 Å². The highest BCUT2D eigenvalue weighted by atomic mass is 127. The lowest BCUT2D eigenvalue weighted by Crippen LogP contribution is -2.11. The first-order valence-corrected chi connectivity index (χ1v) is 8.34. The molecule has 0 atom stereocenters. The fraction of sp³-hybridized carbons (Fsp3) is 0.0769. The molecule has 0 unspecified atom stereocenters. The largest absolute Gasteiger partial charge is 0.495 e. The van der Waals surface area contributed by atoms with Crippen LogP contribution in [0.5, 0.6) is 11.5 Å².